The molecule has 4 heteroatoms. The summed E-state index contributed by atoms with van der Waals surface area (Å²) in [4.78, 5) is 12.0. The predicted molar refractivity (Wildman–Crippen MR) is 90.6 cm³/mol. The maximum absolute atomic E-state index is 12.0. The molecule has 1 aliphatic rings. The van der Waals surface area contributed by atoms with Crippen molar-refractivity contribution in [1.82, 2.24) is 5.32 Å². The van der Waals surface area contributed by atoms with E-state index in [9.17, 15) is 4.79 Å². The molecule has 1 saturated carbocycles. The standard InChI is InChI=1S/C18H26N2O2/c1-3-22-17-10-8-14(12-15(17)19)9-11-18(21)20-16-7-5-4-6-13(16)2/h8-13,16H,3-7,19H2,1-2H3,(H,20,21)/b11-9-. The molecule has 1 fully saturated rings. The van der Waals surface area contributed by atoms with E-state index in [1.165, 1.54) is 19.3 Å². The van der Waals surface area contributed by atoms with Gasteiger partial charge in [-0.05, 0) is 49.5 Å². The molecule has 0 aliphatic heterocycles. The summed E-state index contributed by atoms with van der Waals surface area (Å²) in [6, 6.07) is 5.85. The van der Waals surface area contributed by atoms with Crippen molar-refractivity contribution in [2.24, 2.45) is 5.92 Å². The van der Waals surface area contributed by atoms with Crippen molar-refractivity contribution >= 4 is 17.7 Å². The topological polar surface area (TPSA) is 64.3 Å². The number of nitrogens with one attached hydrogen (secondary N) is 1. The van der Waals surface area contributed by atoms with E-state index in [1.54, 1.807) is 12.2 Å². The number of carbonyl (C=O) groups is 1. The molecule has 4 nitrogen and oxygen atoms in total. The van der Waals surface area contributed by atoms with Crippen LogP contribution in [0.4, 0.5) is 5.69 Å². The number of amides is 1. The Bertz CT molecular complexity index is 540. The summed E-state index contributed by atoms with van der Waals surface area (Å²) in [5.41, 5.74) is 7.41. The van der Waals surface area contributed by atoms with E-state index in [4.69, 9.17) is 10.5 Å². The number of nitrogen functional groups attached to an aromatic ring is 1. The van der Waals surface area contributed by atoms with E-state index < -0.39 is 0 Å². The average molecular weight is 302 g/mol. The molecule has 0 heterocycles. The lowest BCUT2D eigenvalue weighted by Crippen LogP contribution is -2.40. The lowest BCUT2D eigenvalue weighted by atomic mass is 9.86. The van der Waals surface area contributed by atoms with Gasteiger partial charge in [0.2, 0.25) is 5.91 Å². The third-order valence-electron chi connectivity index (χ3n) is 4.20. The largest absolute Gasteiger partial charge is 0.492 e. The Morgan fingerprint density at radius 3 is 2.86 bits per heavy atom. The van der Waals surface area contributed by atoms with Gasteiger partial charge in [0, 0.05) is 12.1 Å². The van der Waals surface area contributed by atoms with Crippen LogP contribution in [0.3, 0.4) is 0 Å². The van der Waals surface area contributed by atoms with Crippen LogP contribution in [0.1, 0.15) is 45.1 Å². The first-order valence-electron chi connectivity index (χ1n) is 8.11. The molecule has 0 saturated heterocycles. The van der Waals surface area contributed by atoms with Crippen LogP contribution in [0.5, 0.6) is 5.75 Å². The normalized spacial score (nSPS) is 21.7. The number of benzene rings is 1. The third kappa shape index (κ3) is 4.52. The van der Waals surface area contributed by atoms with E-state index >= 15 is 0 Å². The number of hydrogen-bond acceptors (Lipinski definition) is 3. The molecule has 1 amide bonds. The van der Waals surface area contributed by atoms with Crippen molar-refractivity contribution in [3.63, 3.8) is 0 Å². The summed E-state index contributed by atoms with van der Waals surface area (Å²) >= 11 is 0. The summed E-state index contributed by atoms with van der Waals surface area (Å²) in [5, 5.41) is 3.10. The highest BCUT2D eigenvalue weighted by Gasteiger charge is 2.21. The fourth-order valence-electron chi connectivity index (χ4n) is 2.89. The van der Waals surface area contributed by atoms with Crippen molar-refractivity contribution in [3.05, 3.63) is 29.8 Å². The molecule has 0 bridgehead atoms. The number of hydrogen-bond donors (Lipinski definition) is 2. The van der Waals surface area contributed by atoms with Gasteiger partial charge in [0.1, 0.15) is 5.75 Å². The number of ether oxygens (including phenoxy) is 1. The van der Waals surface area contributed by atoms with Crippen LogP contribution in [0.25, 0.3) is 6.08 Å². The van der Waals surface area contributed by atoms with E-state index in [2.05, 4.69) is 12.2 Å². The second-order valence-electron chi connectivity index (χ2n) is 5.94. The Hall–Kier alpha value is -1.97. The van der Waals surface area contributed by atoms with Crippen molar-refractivity contribution in [2.45, 2.75) is 45.6 Å². The highest BCUT2D eigenvalue weighted by Crippen LogP contribution is 2.24. The predicted octanol–water partition coefficient (Wildman–Crippen LogP) is 3.38. The molecule has 0 spiro atoms. The van der Waals surface area contributed by atoms with Crippen molar-refractivity contribution in [3.8, 4) is 5.75 Å². The number of carbonyl (C=O) groups excluding carboxylic acids is 1. The zero-order valence-electron chi connectivity index (χ0n) is 13.5. The van der Waals surface area contributed by atoms with Crippen molar-refractivity contribution in [2.75, 3.05) is 12.3 Å². The van der Waals surface area contributed by atoms with Crippen LogP contribution in [0, 0.1) is 5.92 Å². The van der Waals surface area contributed by atoms with E-state index in [0.29, 0.717) is 30.0 Å². The van der Waals surface area contributed by atoms with Gasteiger partial charge in [0.15, 0.2) is 0 Å². The summed E-state index contributed by atoms with van der Waals surface area (Å²) in [7, 11) is 0. The highest BCUT2D eigenvalue weighted by atomic mass is 16.5. The molecule has 0 aromatic heterocycles. The van der Waals surface area contributed by atoms with E-state index in [0.717, 1.165) is 12.0 Å². The maximum atomic E-state index is 12.0. The molecule has 1 aromatic rings. The lowest BCUT2D eigenvalue weighted by molar-refractivity contribution is -0.117. The Morgan fingerprint density at radius 2 is 2.18 bits per heavy atom. The first-order chi connectivity index (χ1) is 10.6. The van der Waals surface area contributed by atoms with Crippen LogP contribution < -0.4 is 15.8 Å². The Balaban J connectivity index is 1.93. The van der Waals surface area contributed by atoms with Crippen LogP contribution in [-0.4, -0.2) is 18.6 Å². The second kappa shape index (κ2) is 7.87. The minimum absolute atomic E-state index is 0.0359. The minimum atomic E-state index is -0.0359. The first kappa shape index (κ1) is 16.4. The van der Waals surface area contributed by atoms with Gasteiger partial charge in [-0.3, -0.25) is 4.79 Å². The smallest absolute Gasteiger partial charge is 0.244 e. The van der Waals surface area contributed by atoms with Crippen LogP contribution >= 0.6 is 0 Å². The van der Waals surface area contributed by atoms with Gasteiger partial charge in [-0.15, -0.1) is 0 Å². The Kier molecular flexibility index (Phi) is 5.87. The molecule has 120 valence electrons. The van der Waals surface area contributed by atoms with Crippen molar-refractivity contribution < 1.29 is 9.53 Å². The summed E-state index contributed by atoms with van der Waals surface area (Å²) < 4.78 is 5.40. The molecule has 2 atom stereocenters. The number of rotatable bonds is 5. The van der Waals surface area contributed by atoms with Gasteiger partial charge in [-0.2, -0.15) is 0 Å². The molecule has 22 heavy (non-hydrogen) atoms. The van der Waals surface area contributed by atoms with Gasteiger partial charge in [-0.25, -0.2) is 0 Å². The number of nitrogens with two attached hydrogens (primary N) is 1. The fraction of sp³-hybridized carbons (Fsp3) is 0.500. The van der Waals surface area contributed by atoms with Crippen LogP contribution in [-0.2, 0) is 4.79 Å². The lowest BCUT2D eigenvalue weighted by Gasteiger charge is -2.29. The number of anilines is 1. The zero-order chi connectivity index (χ0) is 15.9. The Labute approximate surface area is 132 Å². The zero-order valence-corrected chi connectivity index (χ0v) is 13.5. The first-order valence-corrected chi connectivity index (χ1v) is 8.11. The summed E-state index contributed by atoms with van der Waals surface area (Å²) in [6.07, 6.45) is 8.12. The molecule has 0 radical (unpaired) electrons. The summed E-state index contributed by atoms with van der Waals surface area (Å²) in [5.74, 6) is 1.21. The van der Waals surface area contributed by atoms with Crippen molar-refractivity contribution in [1.29, 1.82) is 0 Å². The maximum Gasteiger partial charge on any atom is 0.244 e. The minimum Gasteiger partial charge on any atom is -0.492 e. The quantitative estimate of drug-likeness (QED) is 0.647. The molecule has 2 unspecified atom stereocenters. The molecular formula is C18H26N2O2. The van der Waals surface area contributed by atoms with Gasteiger partial charge >= 0.3 is 0 Å². The van der Waals surface area contributed by atoms with Gasteiger partial charge in [0.05, 0.1) is 12.3 Å². The molecular weight excluding hydrogens is 276 g/mol. The molecule has 2 rings (SSSR count). The summed E-state index contributed by atoms with van der Waals surface area (Å²) in [6.45, 7) is 4.71. The van der Waals surface area contributed by atoms with Gasteiger partial charge in [-0.1, -0.05) is 25.8 Å². The fourth-order valence-corrected chi connectivity index (χ4v) is 2.89. The molecule has 1 aromatic carbocycles. The Morgan fingerprint density at radius 1 is 1.41 bits per heavy atom. The van der Waals surface area contributed by atoms with Crippen LogP contribution in [0.15, 0.2) is 24.3 Å². The van der Waals surface area contributed by atoms with Gasteiger partial charge < -0.3 is 15.8 Å². The molecule has 1 aliphatic carbocycles. The second-order valence-corrected chi connectivity index (χ2v) is 5.94. The SMILES string of the molecule is CCOc1ccc(/C=C\C(=O)NC2CCCCC2C)cc1N. The van der Waals surface area contributed by atoms with Gasteiger partial charge in [0.25, 0.3) is 0 Å². The van der Waals surface area contributed by atoms with E-state index in [-0.39, 0.29) is 5.91 Å². The molecule has 3 N–H and O–H groups in total. The van der Waals surface area contributed by atoms with E-state index in [1.807, 2.05) is 25.1 Å². The average Bonchev–Trinajstić information content (AvgIpc) is 2.50. The van der Waals surface area contributed by atoms with Crippen LogP contribution in [0.2, 0.25) is 0 Å². The monoisotopic (exact) mass is 302 g/mol. The third-order valence-corrected chi connectivity index (χ3v) is 4.20. The highest BCUT2D eigenvalue weighted by molar-refractivity contribution is 5.92.